The van der Waals surface area contributed by atoms with Gasteiger partial charge in [0.1, 0.15) is 6.07 Å². The summed E-state index contributed by atoms with van der Waals surface area (Å²) in [5.74, 6) is 0. The van der Waals surface area contributed by atoms with Crippen LogP contribution >= 0.6 is 0 Å². The van der Waals surface area contributed by atoms with Crippen LogP contribution in [0.5, 0.6) is 0 Å². The molecule has 2 rings (SSSR count). The molecule has 5 nitrogen and oxygen atoms in total. The summed E-state index contributed by atoms with van der Waals surface area (Å²) in [6, 6.07) is 2.29. The third kappa shape index (κ3) is 1.68. The van der Waals surface area contributed by atoms with Gasteiger partial charge in [0.15, 0.2) is 5.69 Å². The molecule has 13 heavy (non-hydrogen) atoms. The van der Waals surface area contributed by atoms with Crippen molar-refractivity contribution < 1.29 is 0 Å². The molecule has 1 unspecified atom stereocenters. The maximum absolute atomic E-state index is 8.57. The second kappa shape index (κ2) is 3.54. The molecular formula is C8H11N5. The quantitative estimate of drug-likeness (QED) is 0.659. The first-order valence-corrected chi connectivity index (χ1v) is 4.43. The van der Waals surface area contributed by atoms with Crippen LogP contribution in [0.25, 0.3) is 0 Å². The number of hydrogen-bond donors (Lipinski definition) is 1. The summed E-state index contributed by atoms with van der Waals surface area (Å²) in [7, 11) is 0. The van der Waals surface area contributed by atoms with Crippen molar-refractivity contribution in [2.75, 3.05) is 13.1 Å². The van der Waals surface area contributed by atoms with E-state index in [1.165, 1.54) is 6.20 Å². The number of piperidine rings is 1. The molecular weight excluding hydrogens is 166 g/mol. The highest BCUT2D eigenvalue weighted by Gasteiger charge is 2.16. The van der Waals surface area contributed by atoms with Gasteiger partial charge in [0.05, 0.1) is 12.2 Å². The summed E-state index contributed by atoms with van der Waals surface area (Å²) in [5, 5.41) is 20.0. The summed E-state index contributed by atoms with van der Waals surface area (Å²) < 4.78 is 0. The van der Waals surface area contributed by atoms with E-state index in [2.05, 4.69) is 15.5 Å². The molecule has 1 N–H and O–H groups in total. The third-order valence-corrected chi connectivity index (χ3v) is 2.22. The van der Waals surface area contributed by atoms with Crippen LogP contribution in [-0.2, 0) is 0 Å². The minimum atomic E-state index is 0.316. The minimum absolute atomic E-state index is 0.316. The Hall–Kier alpha value is -1.41. The maximum Gasteiger partial charge on any atom is 0.182 e. The Labute approximate surface area is 76.4 Å². The fraction of sp³-hybridized carbons (Fsp3) is 0.625. The summed E-state index contributed by atoms with van der Waals surface area (Å²) in [4.78, 5) is 1.64. The van der Waals surface area contributed by atoms with E-state index in [1.54, 1.807) is 4.80 Å². The summed E-state index contributed by atoms with van der Waals surface area (Å²) in [5.41, 5.74) is 0.394. The van der Waals surface area contributed by atoms with Crippen LogP contribution in [0, 0.1) is 11.3 Å². The van der Waals surface area contributed by atoms with Crippen LogP contribution in [0.1, 0.15) is 24.6 Å². The van der Waals surface area contributed by atoms with Gasteiger partial charge in [-0.3, -0.25) is 0 Å². The first-order chi connectivity index (χ1) is 6.40. The number of nitrogens with one attached hydrogen (secondary N) is 1. The van der Waals surface area contributed by atoms with Gasteiger partial charge in [-0.05, 0) is 19.4 Å². The number of rotatable bonds is 1. The van der Waals surface area contributed by atoms with Crippen LogP contribution in [0.3, 0.4) is 0 Å². The Morgan fingerprint density at radius 3 is 3.23 bits per heavy atom. The molecule has 0 saturated carbocycles. The van der Waals surface area contributed by atoms with Gasteiger partial charge in [-0.25, -0.2) is 0 Å². The molecule has 68 valence electrons. The fourth-order valence-corrected chi connectivity index (χ4v) is 1.53. The Kier molecular flexibility index (Phi) is 2.23. The van der Waals surface area contributed by atoms with Gasteiger partial charge in [-0.15, -0.1) is 5.10 Å². The largest absolute Gasteiger partial charge is 0.315 e. The van der Waals surface area contributed by atoms with E-state index < -0.39 is 0 Å². The van der Waals surface area contributed by atoms with E-state index in [-0.39, 0.29) is 0 Å². The molecule has 2 heterocycles. The van der Waals surface area contributed by atoms with E-state index in [1.807, 2.05) is 6.07 Å². The van der Waals surface area contributed by atoms with Gasteiger partial charge >= 0.3 is 0 Å². The second-order valence-electron chi connectivity index (χ2n) is 3.16. The number of hydrogen-bond acceptors (Lipinski definition) is 4. The average molecular weight is 177 g/mol. The van der Waals surface area contributed by atoms with Crippen molar-refractivity contribution in [3.63, 3.8) is 0 Å². The predicted octanol–water partition coefficient (Wildman–Crippen LogP) is 0.0743. The van der Waals surface area contributed by atoms with E-state index in [9.17, 15) is 0 Å². The lowest BCUT2D eigenvalue weighted by Gasteiger charge is -2.21. The molecule has 0 aromatic carbocycles. The lowest BCUT2D eigenvalue weighted by Crippen LogP contribution is -2.32. The Morgan fingerprint density at radius 1 is 1.69 bits per heavy atom. The van der Waals surface area contributed by atoms with Gasteiger partial charge in [0.25, 0.3) is 0 Å². The zero-order valence-corrected chi connectivity index (χ0v) is 7.27. The van der Waals surface area contributed by atoms with Crippen LogP contribution < -0.4 is 5.32 Å². The maximum atomic E-state index is 8.57. The van der Waals surface area contributed by atoms with Crippen molar-refractivity contribution >= 4 is 0 Å². The van der Waals surface area contributed by atoms with Gasteiger partial charge in [-0.2, -0.15) is 15.2 Å². The zero-order chi connectivity index (χ0) is 9.10. The molecule has 1 aliphatic rings. The van der Waals surface area contributed by atoms with Gasteiger partial charge in [-0.1, -0.05) is 0 Å². The molecule has 1 aliphatic heterocycles. The third-order valence-electron chi connectivity index (χ3n) is 2.22. The normalized spacial score (nSPS) is 22.5. The predicted molar refractivity (Wildman–Crippen MR) is 45.9 cm³/mol. The van der Waals surface area contributed by atoms with E-state index in [0.717, 1.165) is 25.9 Å². The molecule has 1 fully saturated rings. The highest BCUT2D eigenvalue weighted by molar-refractivity contribution is 5.12. The Morgan fingerprint density at radius 2 is 2.62 bits per heavy atom. The molecule has 0 radical (unpaired) electrons. The van der Waals surface area contributed by atoms with Crippen molar-refractivity contribution in [3.05, 3.63) is 11.9 Å². The van der Waals surface area contributed by atoms with Crippen LogP contribution in [-0.4, -0.2) is 28.1 Å². The smallest absolute Gasteiger partial charge is 0.182 e. The second-order valence-corrected chi connectivity index (χ2v) is 3.16. The van der Waals surface area contributed by atoms with Crippen LogP contribution in [0.4, 0.5) is 0 Å². The Bertz CT molecular complexity index is 318. The lowest BCUT2D eigenvalue weighted by atomic mass is 10.1. The van der Waals surface area contributed by atoms with Crippen LogP contribution in [0.15, 0.2) is 6.20 Å². The van der Waals surface area contributed by atoms with Crippen molar-refractivity contribution in [2.45, 2.75) is 18.9 Å². The molecule has 0 bridgehead atoms. The standard InChI is InChI=1S/C8H11N5/c9-4-7-5-11-13(12-7)8-2-1-3-10-6-8/h5,8,10H,1-3,6H2. The van der Waals surface area contributed by atoms with E-state index >= 15 is 0 Å². The molecule has 1 aromatic rings. The van der Waals surface area contributed by atoms with Gasteiger partial charge in [0.2, 0.25) is 0 Å². The first kappa shape index (κ1) is 8.20. The van der Waals surface area contributed by atoms with Crippen molar-refractivity contribution in [3.8, 4) is 6.07 Å². The minimum Gasteiger partial charge on any atom is -0.315 e. The van der Waals surface area contributed by atoms with Gasteiger partial charge < -0.3 is 5.32 Å². The topological polar surface area (TPSA) is 66.5 Å². The average Bonchev–Trinajstić information content (AvgIpc) is 2.67. The molecule has 1 saturated heterocycles. The fourth-order valence-electron chi connectivity index (χ4n) is 1.53. The van der Waals surface area contributed by atoms with Crippen molar-refractivity contribution in [1.82, 2.24) is 20.3 Å². The van der Waals surface area contributed by atoms with Crippen molar-refractivity contribution in [1.29, 1.82) is 5.26 Å². The lowest BCUT2D eigenvalue weighted by molar-refractivity contribution is 0.317. The van der Waals surface area contributed by atoms with Crippen molar-refractivity contribution in [2.24, 2.45) is 0 Å². The zero-order valence-electron chi connectivity index (χ0n) is 7.27. The highest BCUT2D eigenvalue weighted by Crippen LogP contribution is 2.13. The molecule has 0 amide bonds. The molecule has 1 atom stereocenters. The summed E-state index contributed by atoms with van der Waals surface area (Å²) >= 11 is 0. The monoisotopic (exact) mass is 177 g/mol. The molecule has 0 aliphatic carbocycles. The van der Waals surface area contributed by atoms with E-state index in [4.69, 9.17) is 5.26 Å². The van der Waals surface area contributed by atoms with E-state index in [0.29, 0.717) is 11.7 Å². The summed E-state index contributed by atoms with van der Waals surface area (Å²) in [6.07, 6.45) is 3.75. The first-order valence-electron chi connectivity index (χ1n) is 4.43. The number of aromatic nitrogens is 3. The Balaban J connectivity index is 2.11. The molecule has 0 spiro atoms. The highest BCUT2D eigenvalue weighted by atomic mass is 15.5. The number of nitrogens with zero attached hydrogens (tertiary/aromatic N) is 4. The molecule has 5 heteroatoms. The van der Waals surface area contributed by atoms with Gasteiger partial charge in [0, 0.05) is 6.54 Å². The number of nitriles is 1. The summed E-state index contributed by atoms with van der Waals surface area (Å²) in [6.45, 7) is 1.97. The van der Waals surface area contributed by atoms with Crippen LogP contribution in [0.2, 0.25) is 0 Å². The molecule has 1 aromatic heterocycles. The SMILES string of the molecule is N#Cc1cnn(C2CCCNC2)n1.